The summed E-state index contributed by atoms with van der Waals surface area (Å²) in [4.78, 5) is 11.7. The number of hydrogen-bond acceptors (Lipinski definition) is 3. The molecule has 0 aliphatic heterocycles. The summed E-state index contributed by atoms with van der Waals surface area (Å²) in [5.74, 6) is 1.29. The molecular formula is C14H24O3. The molecule has 3 nitrogen and oxygen atoms in total. The fourth-order valence-electron chi connectivity index (χ4n) is 2.54. The summed E-state index contributed by atoms with van der Waals surface area (Å²) in [7, 11) is 1.44. The van der Waals surface area contributed by atoms with Gasteiger partial charge in [-0.25, -0.2) is 4.79 Å². The highest BCUT2D eigenvalue weighted by atomic mass is 16.6. The Morgan fingerprint density at radius 2 is 2.00 bits per heavy atom. The van der Waals surface area contributed by atoms with Crippen molar-refractivity contribution >= 4 is 5.97 Å². The lowest BCUT2D eigenvalue weighted by molar-refractivity contribution is -0.154. The first-order chi connectivity index (χ1) is 7.95. The molecule has 0 amide bonds. The SMILES string of the molecule is C=C(OC)C(=O)O[C@@H]1C[C@H](C)CC[C@H]1C(C)C. The van der Waals surface area contributed by atoms with Crippen molar-refractivity contribution in [1.29, 1.82) is 0 Å². The molecule has 98 valence electrons. The Bertz CT molecular complexity index is 283. The average Bonchev–Trinajstić information content (AvgIpc) is 2.27. The minimum Gasteiger partial charge on any atom is -0.490 e. The molecule has 0 radical (unpaired) electrons. The Kier molecular flexibility index (Phi) is 5.03. The monoisotopic (exact) mass is 240 g/mol. The van der Waals surface area contributed by atoms with Crippen molar-refractivity contribution < 1.29 is 14.3 Å². The number of carbonyl (C=O) groups excluding carboxylic acids is 1. The summed E-state index contributed by atoms with van der Waals surface area (Å²) in [6.07, 6.45) is 3.32. The highest BCUT2D eigenvalue weighted by Crippen LogP contribution is 2.35. The van der Waals surface area contributed by atoms with Gasteiger partial charge in [-0.15, -0.1) is 0 Å². The highest BCUT2D eigenvalue weighted by molar-refractivity contribution is 5.85. The van der Waals surface area contributed by atoms with Crippen molar-refractivity contribution in [1.82, 2.24) is 0 Å². The van der Waals surface area contributed by atoms with Crippen LogP contribution in [0.5, 0.6) is 0 Å². The lowest BCUT2D eigenvalue weighted by Crippen LogP contribution is -2.36. The van der Waals surface area contributed by atoms with Gasteiger partial charge >= 0.3 is 5.97 Å². The van der Waals surface area contributed by atoms with Crippen LogP contribution in [-0.4, -0.2) is 19.2 Å². The second kappa shape index (κ2) is 6.08. The standard InChI is InChI=1S/C14H24O3/c1-9(2)12-7-6-10(3)8-13(12)17-14(15)11(4)16-5/h9-10,12-13H,4,6-8H2,1-3,5H3/t10-,12+,13-/m1/s1. The van der Waals surface area contributed by atoms with Crippen LogP contribution in [-0.2, 0) is 14.3 Å². The van der Waals surface area contributed by atoms with Crippen LogP contribution in [0.1, 0.15) is 40.0 Å². The van der Waals surface area contributed by atoms with Crippen LogP contribution in [0.3, 0.4) is 0 Å². The van der Waals surface area contributed by atoms with Gasteiger partial charge in [-0.05, 0) is 37.2 Å². The largest absolute Gasteiger partial charge is 0.490 e. The van der Waals surface area contributed by atoms with Crippen molar-refractivity contribution in [2.75, 3.05) is 7.11 Å². The van der Waals surface area contributed by atoms with Crippen LogP contribution >= 0.6 is 0 Å². The zero-order valence-electron chi connectivity index (χ0n) is 11.4. The number of methoxy groups -OCH3 is 1. The van der Waals surface area contributed by atoms with Crippen LogP contribution in [0.2, 0.25) is 0 Å². The summed E-state index contributed by atoms with van der Waals surface area (Å²) in [6, 6.07) is 0. The van der Waals surface area contributed by atoms with Gasteiger partial charge < -0.3 is 9.47 Å². The van der Waals surface area contributed by atoms with Crippen molar-refractivity contribution in [2.24, 2.45) is 17.8 Å². The molecule has 0 aromatic rings. The maximum absolute atomic E-state index is 11.7. The van der Waals surface area contributed by atoms with Crippen LogP contribution < -0.4 is 0 Å². The third-order valence-electron chi connectivity index (χ3n) is 3.69. The first-order valence-corrected chi connectivity index (χ1v) is 6.39. The molecule has 1 rings (SSSR count). The van der Waals surface area contributed by atoms with E-state index in [1.165, 1.54) is 13.5 Å². The van der Waals surface area contributed by atoms with Crippen LogP contribution in [0.4, 0.5) is 0 Å². The number of ether oxygens (including phenoxy) is 2. The fraction of sp³-hybridized carbons (Fsp3) is 0.786. The first kappa shape index (κ1) is 14.1. The molecule has 17 heavy (non-hydrogen) atoms. The van der Waals surface area contributed by atoms with E-state index in [0.29, 0.717) is 17.8 Å². The predicted molar refractivity (Wildman–Crippen MR) is 67.4 cm³/mol. The fourth-order valence-corrected chi connectivity index (χ4v) is 2.54. The summed E-state index contributed by atoms with van der Waals surface area (Å²) in [5, 5.41) is 0. The van der Waals surface area contributed by atoms with Gasteiger partial charge in [0.1, 0.15) is 6.10 Å². The van der Waals surface area contributed by atoms with Gasteiger partial charge in [-0.1, -0.05) is 27.2 Å². The third kappa shape index (κ3) is 3.76. The minimum absolute atomic E-state index is 0.0122. The lowest BCUT2D eigenvalue weighted by atomic mass is 9.75. The molecule has 0 spiro atoms. The molecule has 1 fully saturated rings. The minimum atomic E-state index is -0.419. The van der Waals surface area contributed by atoms with Crippen LogP contribution in [0.15, 0.2) is 12.3 Å². The molecule has 1 aliphatic carbocycles. The number of esters is 1. The first-order valence-electron chi connectivity index (χ1n) is 6.39. The highest BCUT2D eigenvalue weighted by Gasteiger charge is 2.33. The molecule has 0 heterocycles. The van der Waals surface area contributed by atoms with Gasteiger partial charge in [0.2, 0.25) is 0 Å². The topological polar surface area (TPSA) is 35.5 Å². The van der Waals surface area contributed by atoms with E-state index in [4.69, 9.17) is 9.47 Å². The maximum atomic E-state index is 11.7. The number of rotatable bonds is 4. The van der Waals surface area contributed by atoms with E-state index in [0.717, 1.165) is 12.8 Å². The maximum Gasteiger partial charge on any atom is 0.373 e. The lowest BCUT2D eigenvalue weighted by Gasteiger charge is -2.36. The Hall–Kier alpha value is -0.990. The Morgan fingerprint density at radius 3 is 2.53 bits per heavy atom. The van der Waals surface area contributed by atoms with Crippen LogP contribution in [0.25, 0.3) is 0 Å². The second-order valence-electron chi connectivity index (χ2n) is 5.40. The molecule has 1 aliphatic rings. The van der Waals surface area contributed by atoms with E-state index in [1.54, 1.807) is 0 Å². The van der Waals surface area contributed by atoms with Gasteiger partial charge in [-0.3, -0.25) is 0 Å². The average molecular weight is 240 g/mol. The Morgan fingerprint density at radius 1 is 1.35 bits per heavy atom. The van der Waals surface area contributed by atoms with Crippen molar-refractivity contribution in [3.05, 3.63) is 12.3 Å². The molecule has 1 saturated carbocycles. The van der Waals surface area contributed by atoms with E-state index >= 15 is 0 Å². The van der Waals surface area contributed by atoms with E-state index in [2.05, 4.69) is 27.4 Å². The third-order valence-corrected chi connectivity index (χ3v) is 3.69. The molecule has 3 heteroatoms. The smallest absolute Gasteiger partial charge is 0.373 e. The summed E-state index contributed by atoms with van der Waals surface area (Å²) >= 11 is 0. The molecular weight excluding hydrogens is 216 g/mol. The molecule has 0 saturated heterocycles. The quantitative estimate of drug-likeness (QED) is 0.430. The Balaban J connectivity index is 2.63. The van der Waals surface area contributed by atoms with Gasteiger partial charge in [0.15, 0.2) is 5.76 Å². The van der Waals surface area contributed by atoms with Crippen molar-refractivity contribution in [2.45, 2.75) is 46.1 Å². The van der Waals surface area contributed by atoms with Gasteiger partial charge in [-0.2, -0.15) is 0 Å². The van der Waals surface area contributed by atoms with Crippen molar-refractivity contribution in [3.63, 3.8) is 0 Å². The molecule has 0 unspecified atom stereocenters. The normalized spacial score (nSPS) is 28.9. The molecule has 0 bridgehead atoms. The summed E-state index contributed by atoms with van der Waals surface area (Å²) in [6.45, 7) is 10.1. The molecule has 0 aromatic carbocycles. The number of carbonyl (C=O) groups is 1. The van der Waals surface area contributed by atoms with Gasteiger partial charge in [0.25, 0.3) is 0 Å². The van der Waals surface area contributed by atoms with Gasteiger partial charge in [0.05, 0.1) is 7.11 Å². The predicted octanol–water partition coefficient (Wildman–Crippen LogP) is 3.15. The van der Waals surface area contributed by atoms with E-state index in [-0.39, 0.29) is 11.9 Å². The zero-order chi connectivity index (χ0) is 13.0. The van der Waals surface area contributed by atoms with Gasteiger partial charge in [0, 0.05) is 0 Å². The summed E-state index contributed by atoms with van der Waals surface area (Å²) < 4.78 is 10.3. The molecule has 0 aromatic heterocycles. The molecule has 3 atom stereocenters. The van der Waals surface area contributed by atoms with E-state index < -0.39 is 5.97 Å². The second-order valence-corrected chi connectivity index (χ2v) is 5.40. The Labute approximate surface area is 104 Å². The summed E-state index contributed by atoms with van der Waals surface area (Å²) in [5.41, 5.74) is 0. The number of hydrogen-bond donors (Lipinski definition) is 0. The van der Waals surface area contributed by atoms with E-state index in [1.807, 2.05) is 0 Å². The van der Waals surface area contributed by atoms with Crippen molar-refractivity contribution in [3.8, 4) is 0 Å². The van der Waals surface area contributed by atoms with E-state index in [9.17, 15) is 4.79 Å². The zero-order valence-corrected chi connectivity index (χ0v) is 11.4. The molecule has 0 N–H and O–H groups in total. The van der Waals surface area contributed by atoms with Crippen LogP contribution in [0, 0.1) is 17.8 Å².